The van der Waals surface area contributed by atoms with Gasteiger partial charge >= 0.3 is 0 Å². The highest BCUT2D eigenvalue weighted by Crippen LogP contribution is 2.26. The van der Waals surface area contributed by atoms with E-state index in [9.17, 15) is 9.00 Å². The van der Waals surface area contributed by atoms with Crippen LogP contribution in [0.5, 0.6) is 0 Å². The highest BCUT2D eigenvalue weighted by Gasteiger charge is 2.42. The average molecular weight is 286 g/mol. The molecule has 0 aromatic rings. The number of nitrogens with zero attached hydrogens (tertiary/aromatic N) is 1. The monoisotopic (exact) mass is 286 g/mol. The van der Waals surface area contributed by atoms with Crippen LogP contribution in [0.15, 0.2) is 0 Å². The average Bonchev–Trinajstić information content (AvgIpc) is 2.67. The molecule has 2 aliphatic rings. The summed E-state index contributed by atoms with van der Waals surface area (Å²) < 4.78 is 11.5. The van der Waals surface area contributed by atoms with Gasteiger partial charge in [-0.15, -0.1) is 0 Å². The highest BCUT2D eigenvalue weighted by atomic mass is 32.2. The zero-order chi connectivity index (χ0) is 14.0. The van der Waals surface area contributed by atoms with E-state index in [1.54, 1.807) is 0 Å². The smallest absolute Gasteiger partial charge is 0.241 e. The fourth-order valence-electron chi connectivity index (χ4n) is 3.17. The van der Waals surface area contributed by atoms with Crippen molar-refractivity contribution in [1.29, 1.82) is 0 Å². The molecular formula is C14H26N2O2S. The summed E-state index contributed by atoms with van der Waals surface area (Å²) in [5.41, 5.74) is 0. The first-order valence-electron chi connectivity index (χ1n) is 7.46. The van der Waals surface area contributed by atoms with Gasteiger partial charge in [0.25, 0.3) is 0 Å². The molecule has 0 aliphatic carbocycles. The van der Waals surface area contributed by atoms with Gasteiger partial charge in [0.2, 0.25) is 5.91 Å². The Morgan fingerprint density at radius 1 is 1.37 bits per heavy atom. The summed E-state index contributed by atoms with van der Waals surface area (Å²) in [5, 5.41) is 3.48. The van der Waals surface area contributed by atoms with Crippen molar-refractivity contribution in [2.24, 2.45) is 5.92 Å². The maximum absolute atomic E-state index is 12.6. The van der Waals surface area contributed by atoms with E-state index in [1.807, 2.05) is 0 Å². The van der Waals surface area contributed by atoms with Gasteiger partial charge in [-0.05, 0) is 31.6 Å². The molecule has 0 saturated carbocycles. The van der Waals surface area contributed by atoms with Crippen LogP contribution >= 0.6 is 0 Å². The second kappa shape index (κ2) is 6.35. The van der Waals surface area contributed by atoms with Crippen molar-refractivity contribution in [2.45, 2.75) is 64.7 Å². The Bertz CT molecular complexity index is 349. The molecule has 1 N–H and O–H groups in total. The van der Waals surface area contributed by atoms with E-state index in [-0.39, 0.29) is 18.1 Å². The largest absolute Gasteiger partial charge is 0.323 e. The second-order valence-corrected chi connectivity index (χ2v) is 7.79. The summed E-state index contributed by atoms with van der Waals surface area (Å²) in [6.07, 6.45) is 3.81. The van der Waals surface area contributed by atoms with E-state index in [0.29, 0.717) is 12.0 Å². The molecule has 5 heteroatoms. The van der Waals surface area contributed by atoms with Gasteiger partial charge in [0.05, 0.1) is 12.2 Å². The van der Waals surface area contributed by atoms with Crippen molar-refractivity contribution in [3.05, 3.63) is 0 Å². The normalized spacial score (nSPS) is 36.2. The minimum Gasteiger partial charge on any atom is -0.323 e. The molecule has 0 aromatic carbocycles. The lowest BCUT2D eigenvalue weighted by atomic mass is 10.0. The van der Waals surface area contributed by atoms with Crippen LogP contribution in [-0.4, -0.2) is 44.8 Å². The van der Waals surface area contributed by atoms with E-state index in [4.69, 9.17) is 0 Å². The van der Waals surface area contributed by atoms with Crippen LogP contribution in [0, 0.1) is 5.92 Å². The molecule has 2 heterocycles. The van der Waals surface area contributed by atoms with Gasteiger partial charge in [-0.2, -0.15) is 0 Å². The number of rotatable bonds is 4. The van der Waals surface area contributed by atoms with Crippen molar-refractivity contribution in [2.75, 3.05) is 11.5 Å². The van der Waals surface area contributed by atoms with Crippen molar-refractivity contribution in [3.8, 4) is 0 Å². The Labute approximate surface area is 118 Å². The summed E-state index contributed by atoms with van der Waals surface area (Å²) in [4.78, 5) is 14.6. The van der Waals surface area contributed by atoms with Crippen LogP contribution in [0.25, 0.3) is 0 Å². The third kappa shape index (κ3) is 3.37. The zero-order valence-electron chi connectivity index (χ0n) is 12.2. The number of carbonyl (C=O) groups excluding carboxylic acids is 1. The molecule has 2 fully saturated rings. The van der Waals surface area contributed by atoms with Gasteiger partial charge < -0.3 is 4.90 Å². The number of hydrogen-bond acceptors (Lipinski definition) is 3. The maximum atomic E-state index is 12.6. The van der Waals surface area contributed by atoms with Gasteiger partial charge in [0.1, 0.15) is 0 Å². The van der Waals surface area contributed by atoms with Gasteiger partial charge in [0, 0.05) is 28.3 Å². The lowest BCUT2D eigenvalue weighted by molar-refractivity contribution is -0.132. The molecule has 19 heavy (non-hydrogen) atoms. The Kier molecular flexibility index (Phi) is 5.01. The van der Waals surface area contributed by atoms with Crippen LogP contribution in [0.1, 0.15) is 46.5 Å². The molecule has 0 spiro atoms. The minimum atomic E-state index is -0.662. The van der Waals surface area contributed by atoms with Gasteiger partial charge in [0.15, 0.2) is 0 Å². The number of nitrogens with one attached hydrogen (secondary N) is 1. The molecule has 1 amide bonds. The summed E-state index contributed by atoms with van der Waals surface area (Å²) in [6, 6.07) is 0.275. The summed E-state index contributed by atoms with van der Waals surface area (Å²) in [5.74, 6) is 2.29. The van der Waals surface area contributed by atoms with Crippen molar-refractivity contribution >= 4 is 16.7 Å². The summed E-state index contributed by atoms with van der Waals surface area (Å²) in [7, 11) is -0.662. The van der Waals surface area contributed by atoms with Crippen LogP contribution in [0.3, 0.4) is 0 Å². The quantitative estimate of drug-likeness (QED) is 0.851. The SMILES string of the molecule is CCC1NC(CC(C)C)C(=O)N1C1CCS(=O)CC1. The first-order chi connectivity index (χ1) is 9.02. The molecule has 0 bridgehead atoms. The molecule has 2 unspecified atom stereocenters. The first kappa shape index (κ1) is 15.0. The molecule has 2 atom stereocenters. The van der Waals surface area contributed by atoms with Crippen LogP contribution in [0.2, 0.25) is 0 Å². The van der Waals surface area contributed by atoms with E-state index >= 15 is 0 Å². The molecule has 110 valence electrons. The van der Waals surface area contributed by atoms with Gasteiger partial charge in [-0.3, -0.25) is 14.3 Å². The van der Waals surface area contributed by atoms with E-state index in [1.165, 1.54) is 0 Å². The Balaban J connectivity index is 2.05. The van der Waals surface area contributed by atoms with Crippen molar-refractivity contribution in [1.82, 2.24) is 10.2 Å². The fourth-order valence-corrected chi connectivity index (χ4v) is 4.44. The first-order valence-corrected chi connectivity index (χ1v) is 8.95. The molecule has 2 rings (SSSR count). The fraction of sp³-hybridized carbons (Fsp3) is 0.929. The molecule has 0 aromatic heterocycles. The predicted molar refractivity (Wildman–Crippen MR) is 78.2 cm³/mol. The van der Waals surface area contributed by atoms with Crippen molar-refractivity contribution < 1.29 is 9.00 Å². The summed E-state index contributed by atoms with van der Waals surface area (Å²) >= 11 is 0. The third-order valence-electron chi connectivity index (χ3n) is 4.13. The molecular weight excluding hydrogens is 260 g/mol. The Hall–Kier alpha value is -0.420. The molecule has 2 aliphatic heterocycles. The zero-order valence-corrected chi connectivity index (χ0v) is 13.0. The minimum absolute atomic E-state index is 0.0163. The van der Waals surface area contributed by atoms with Gasteiger partial charge in [-0.25, -0.2) is 0 Å². The van der Waals surface area contributed by atoms with Crippen molar-refractivity contribution in [3.63, 3.8) is 0 Å². The number of amides is 1. The lowest BCUT2D eigenvalue weighted by Crippen LogP contribution is -2.47. The van der Waals surface area contributed by atoms with E-state index < -0.39 is 10.8 Å². The van der Waals surface area contributed by atoms with Crippen LogP contribution in [0.4, 0.5) is 0 Å². The second-order valence-electron chi connectivity index (χ2n) is 6.10. The van der Waals surface area contributed by atoms with E-state index in [2.05, 4.69) is 31.0 Å². The molecule has 0 radical (unpaired) electrons. The topological polar surface area (TPSA) is 49.4 Å². The maximum Gasteiger partial charge on any atom is 0.241 e. The number of carbonyl (C=O) groups is 1. The standard InChI is InChI=1S/C14H26N2O2S/c1-4-13-15-12(9-10(2)3)14(17)16(13)11-5-7-19(18)8-6-11/h10-13,15H,4-9H2,1-3H3. The number of hydrogen-bond donors (Lipinski definition) is 1. The Morgan fingerprint density at radius 3 is 2.53 bits per heavy atom. The lowest BCUT2D eigenvalue weighted by Gasteiger charge is -2.34. The third-order valence-corrected chi connectivity index (χ3v) is 5.51. The summed E-state index contributed by atoms with van der Waals surface area (Å²) in [6.45, 7) is 6.43. The molecule has 4 nitrogen and oxygen atoms in total. The van der Waals surface area contributed by atoms with E-state index in [0.717, 1.165) is 37.2 Å². The van der Waals surface area contributed by atoms with Crippen LogP contribution in [-0.2, 0) is 15.6 Å². The predicted octanol–water partition coefficient (Wildman–Crippen LogP) is 1.48. The Morgan fingerprint density at radius 2 is 2.00 bits per heavy atom. The molecule has 2 saturated heterocycles. The van der Waals surface area contributed by atoms with Crippen LogP contribution < -0.4 is 5.32 Å². The highest BCUT2D eigenvalue weighted by molar-refractivity contribution is 7.85. The van der Waals surface area contributed by atoms with Gasteiger partial charge in [-0.1, -0.05) is 20.8 Å².